The van der Waals surface area contributed by atoms with Crippen molar-refractivity contribution in [1.29, 1.82) is 0 Å². The van der Waals surface area contributed by atoms with Crippen LogP contribution in [0.4, 0.5) is 10.5 Å². The van der Waals surface area contributed by atoms with Crippen LogP contribution < -0.4 is 5.32 Å². The number of nitrogens with one attached hydrogen (secondary N) is 1. The van der Waals surface area contributed by atoms with E-state index >= 15 is 0 Å². The predicted octanol–water partition coefficient (Wildman–Crippen LogP) is 4.02. The van der Waals surface area contributed by atoms with Crippen molar-refractivity contribution in [1.82, 2.24) is 19.7 Å². The number of hydrogen-bond donors (Lipinski definition) is 1. The van der Waals surface area contributed by atoms with Crippen LogP contribution in [0.25, 0.3) is 0 Å². The van der Waals surface area contributed by atoms with Crippen LogP contribution in [0.15, 0.2) is 48.8 Å². The van der Waals surface area contributed by atoms with Crippen molar-refractivity contribution < 1.29 is 4.79 Å². The molecule has 0 fully saturated rings. The van der Waals surface area contributed by atoms with Crippen LogP contribution in [0, 0.1) is 6.92 Å². The topological polar surface area (TPSA) is 63.1 Å². The summed E-state index contributed by atoms with van der Waals surface area (Å²) < 4.78 is 1.94. The molecule has 6 heteroatoms. The van der Waals surface area contributed by atoms with Gasteiger partial charge in [-0.15, -0.1) is 10.2 Å². The summed E-state index contributed by atoms with van der Waals surface area (Å²) in [4.78, 5) is 14.6. The number of hydrogen-bond acceptors (Lipinski definition) is 3. The Morgan fingerprint density at radius 2 is 2.04 bits per heavy atom. The molecular formula is C22H25N5O. The van der Waals surface area contributed by atoms with Gasteiger partial charge in [0.05, 0.1) is 0 Å². The van der Waals surface area contributed by atoms with Gasteiger partial charge in [0.25, 0.3) is 0 Å². The van der Waals surface area contributed by atoms with Gasteiger partial charge in [0, 0.05) is 32.2 Å². The van der Waals surface area contributed by atoms with Gasteiger partial charge in [-0.05, 0) is 47.2 Å². The van der Waals surface area contributed by atoms with E-state index in [9.17, 15) is 4.79 Å². The van der Waals surface area contributed by atoms with Crippen molar-refractivity contribution in [3.63, 3.8) is 0 Å². The standard InChI is InChI=1S/C22H25N5O/c1-15-6-4-8-18-12-27(13-20(15)18)22(28)24-19-9-5-7-17(11-19)16(2)10-21-25-23-14-26(21)3/h4-9,11,14,16H,10,12-13H2,1-3H3,(H,24,28)/t16-/m1/s1. The van der Waals surface area contributed by atoms with Gasteiger partial charge >= 0.3 is 6.03 Å². The van der Waals surface area contributed by atoms with Gasteiger partial charge in [0.2, 0.25) is 0 Å². The van der Waals surface area contributed by atoms with E-state index in [1.54, 1.807) is 6.33 Å². The maximum Gasteiger partial charge on any atom is 0.322 e. The molecule has 4 rings (SSSR count). The van der Waals surface area contributed by atoms with Crippen molar-refractivity contribution in [2.75, 3.05) is 5.32 Å². The van der Waals surface area contributed by atoms with Crippen LogP contribution in [-0.4, -0.2) is 25.7 Å². The molecule has 2 heterocycles. The number of amides is 2. The highest BCUT2D eigenvalue weighted by molar-refractivity contribution is 5.89. The molecule has 1 atom stereocenters. The smallest absolute Gasteiger partial charge is 0.321 e. The molecule has 0 spiro atoms. The van der Waals surface area contributed by atoms with E-state index in [4.69, 9.17) is 0 Å². The van der Waals surface area contributed by atoms with E-state index < -0.39 is 0 Å². The lowest BCUT2D eigenvalue weighted by atomic mass is 9.97. The zero-order chi connectivity index (χ0) is 19.7. The molecule has 6 nitrogen and oxygen atoms in total. The van der Waals surface area contributed by atoms with Crippen molar-refractivity contribution in [2.45, 2.75) is 39.3 Å². The summed E-state index contributed by atoms with van der Waals surface area (Å²) >= 11 is 0. The molecule has 3 aromatic rings. The van der Waals surface area contributed by atoms with E-state index in [-0.39, 0.29) is 11.9 Å². The Hall–Kier alpha value is -3.15. The van der Waals surface area contributed by atoms with Gasteiger partial charge in [-0.3, -0.25) is 0 Å². The fourth-order valence-corrected chi connectivity index (χ4v) is 3.74. The molecule has 2 amide bonds. The number of urea groups is 1. The molecule has 1 aliphatic heterocycles. The van der Waals surface area contributed by atoms with Gasteiger partial charge in [-0.25, -0.2) is 4.79 Å². The second-order valence-corrected chi connectivity index (χ2v) is 7.59. The first-order valence-electron chi connectivity index (χ1n) is 9.57. The first kappa shape index (κ1) is 18.2. The Morgan fingerprint density at radius 1 is 1.21 bits per heavy atom. The third-order valence-corrected chi connectivity index (χ3v) is 5.51. The first-order valence-corrected chi connectivity index (χ1v) is 9.57. The van der Waals surface area contributed by atoms with Crippen molar-refractivity contribution in [2.24, 2.45) is 7.05 Å². The molecule has 0 saturated carbocycles. The summed E-state index contributed by atoms with van der Waals surface area (Å²) in [6, 6.07) is 14.3. The Balaban J connectivity index is 1.43. The Morgan fingerprint density at radius 3 is 2.79 bits per heavy atom. The molecule has 1 N–H and O–H groups in total. The zero-order valence-electron chi connectivity index (χ0n) is 16.5. The number of anilines is 1. The molecule has 144 valence electrons. The Labute approximate surface area is 165 Å². The molecule has 0 bridgehead atoms. The fraction of sp³-hybridized carbons (Fsp3) is 0.318. The molecule has 0 unspecified atom stereocenters. The second-order valence-electron chi connectivity index (χ2n) is 7.59. The van der Waals surface area contributed by atoms with Crippen LogP contribution in [0.2, 0.25) is 0 Å². The maximum absolute atomic E-state index is 12.8. The van der Waals surface area contributed by atoms with E-state index in [1.165, 1.54) is 22.3 Å². The first-order chi connectivity index (χ1) is 13.5. The molecule has 2 aromatic carbocycles. The number of benzene rings is 2. The Bertz CT molecular complexity index is 1010. The molecular weight excluding hydrogens is 350 g/mol. The number of carbonyl (C=O) groups is 1. The van der Waals surface area contributed by atoms with E-state index in [2.05, 4.69) is 53.6 Å². The monoisotopic (exact) mass is 375 g/mol. The van der Waals surface area contributed by atoms with Gasteiger partial charge in [0.15, 0.2) is 0 Å². The largest absolute Gasteiger partial charge is 0.322 e. The lowest BCUT2D eigenvalue weighted by Crippen LogP contribution is -2.30. The molecule has 1 aliphatic rings. The molecule has 28 heavy (non-hydrogen) atoms. The summed E-state index contributed by atoms with van der Waals surface area (Å²) in [5.74, 6) is 1.23. The van der Waals surface area contributed by atoms with Crippen LogP contribution in [0.3, 0.4) is 0 Å². The average molecular weight is 375 g/mol. The number of carbonyl (C=O) groups excluding carboxylic acids is 1. The zero-order valence-corrected chi connectivity index (χ0v) is 16.5. The quantitative estimate of drug-likeness (QED) is 0.749. The van der Waals surface area contributed by atoms with Crippen LogP contribution in [0.5, 0.6) is 0 Å². The molecule has 0 saturated heterocycles. The highest BCUT2D eigenvalue weighted by atomic mass is 16.2. The predicted molar refractivity (Wildman–Crippen MR) is 109 cm³/mol. The van der Waals surface area contributed by atoms with Crippen LogP contribution >= 0.6 is 0 Å². The maximum atomic E-state index is 12.8. The minimum Gasteiger partial charge on any atom is -0.321 e. The number of aromatic nitrogens is 3. The summed E-state index contributed by atoms with van der Waals surface area (Å²) in [7, 11) is 1.95. The third kappa shape index (κ3) is 3.63. The SMILES string of the molecule is Cc1cccc2c1CN(C(=O)Nc1cccc([C@H](C)Cc3nncn3C)c1)C2. The van der Waals surface area contributed by atoms with Crippen molar-refractivity contribution in [3.8, 4) is 0 Å². The van der Waals surface area contributed by atoms with E-state index in [0.717, 1.165) is 17.9 Å². The summed E-state index contributed by atoms with van der Waals surface area (Å²) in [6.45, 7) is 5.58. The fourth-order valence-electron chi connectivity index (χ4n) is 3.74. The lowest BCUT2D eigenvalue weighted by molar-refractivity contribution is 0.212. The minimum atomic E-state index is -0.0614. The Kier molecular flexibility index (Phi) is 4.86. The van der Waals surface area contributed by atoms with Gasteiger partial charge in [-0.2, -0.15) is 0 Å². The lowest BCUT2D eigenvalue weighted by Gasteiger charge is -2.18. The van der Waals surface area contributed by atoms with Gasteiger partial charge in [-0.1, -0.05) is 37.3 Å². The number of fused-ring (bicyclic) bond motifs is 1. The minimum absolute atomic E-state index is 0.0614. The van der Waals surface area contributed by atoms with Gasteiger partial charge in [0.1, 0.15) is 12.2 Å². The number of nitrogens with zero attached hydrogens (tertiary/aromatic N) is 4. The van der Waals surface area contributed by atoms with E-state index in [0.29, 0.717) is 13.1 Å². The number of rotatable bonds is 4. The highest BCUT2D eigenvalue weighted by Crippen LogP contribution is 2.27. The molecule has 0 aliphatic carbocycles. The average Bonchev–Trinajstić information content (AvgIpc) is 3.29. The number of aryl methyl sites for hydroxylation is 2. The van der Waals surface area contributed by atoms with Gasteiger partial charge < -0.3 is 14.8 Å². The molecule has 1 aromatic heterocycles. The summed E-state index contributed by atoms with van der Waals surface area (Å²) in [6.07, 6.45) is 2.52. The van der Waals surface area contributed by atoms with Crippen LogP contribution in [-0.2, 0) is 26.6 Å². The second kappa shape index (κ2) is 7.46. The van der Waals surface area contributed by atoms with Crippen molar-refractivity contribution >= 4 is 11.7 Å². The third-order valence-electron chi connectivity index (χ3n) is 5.51. The van der Waals surface area contributed by atoms with Crippen molar-refractivity contribution in [3.05, 3.63) is 76.9 Å². The molecule has 0 radical (unpaired) electrons. The summed E-state index contributed by atoms with van der Waals surface area (Å²) in [5, 5.41) is 11.2. The highest BCUT2D eigenvalue weighted by Gasteiger charge is 2.24. The summed E-state index contributed by atoms with van der Waals surface area (Å²) in [5.41, 5.74) is 5.73. The normalized spacial score (nSPS) is 14.0. The van der Waals surface area contributed by atoms with E-state index in [1.807, 2.05) is 34.7 Å². The van der Waals surface area contributed by atoms with Crippen LogP contribution in [0.1, 0.15) is 40.9 Å².